The van der Waals surface area contributed by atoms with E-state index in [4.69, 9.17) is 4.74 Å². The zero-order valence-corrected chi connectivity index (χ0v) is 12.4. The van der Waals surface area contributed by atoms with Crippen LogP contribution in [0.3, 0.4) is 0 Å². The Bertz CT molecular complexity index is 355. The van der Waals surface area contributed by atoms with Crippen molar-refractivity contribution in [3.63, 3.8) is 0 Å². The van der Waals surface area contributed by atoms with E-state index >= 15 is 0 Å². The number of aromatic nitrogens is 1. The minimum atomic E-state index is -0.460. The zero-order valence-electron chi connectivity index (χ0n) is 9.53. The van der Waals surface area contributed by atoms with Crippen LogP contribution in [0.15, 0.2) is 12.1 Å². The number of rotatable bonds is 4. The van der Waals surface area contributed by atoms with Gasteiger partial charge < -0.3 is 16.4 Å². The quantitative estimate of drug-likeness (QED) is 0.628. The number of hydrogen-bond acceptors (Lipinski definition) is 4. The summed E-state index contributed by atoms with van der Waals surface area (Å²) < 4.78 is 9.94. The summed E-state index contributed by atoms with van der Waals surface area (Å²) in [6, 6.07) is 3.33. The van der Waals surface area contributed by atoms with Gasteiger partial charge in [-0.2, -0.15) is 0 Å². The third-order valence-corrected chi connectivity index (χ3v) is 1.73. The summed E-state index contributed by atoms with van der Waals surface area (Å²) >= 11 is 0. The van der Waals surface area contributed by atoms with Crippen LogP contribution in [0.4, 0.5) is 0 Å². The van der Waals surface area contributed by atoms with Gasteiger partial charge in [0.2, 0.25) is 0 Å². The SMILES string of the molecule is [CH2-]CCOc1cc(C)nc(C(=O)OC)c1.[Y]. The van der Waals surface area contributed by atoms with Gasteiger partial charge in [-0.1, -0.05) is 0 Å². The van der Waals surface area contributed by atoms with Crippen molar-refractivity contribution in [1.82, 2.24) is 4.98 Å². The molecule has 0 unspecified atom stereocenters. The Hall–Kier alpha value is -0.476. The second-order valence-electron chi connectivity index (χ2n) is 3.02. The monoisotopic (exact) mass is 297 g/mol. The number of carbonyl (C=O) groups is 1. The van der Waals surface area contributed by atoms with Gasteiger partial charge in [-0.05, 0) is 6.92 Å². The molecule has 0 saturated carbocycles. The first-order valence-electron chi connectivity index (χ1n) is 4.66. The molecule has 16 heavy (non-hydrogen) atoms. The molecule has 0 saturated heterocycles. The van der Waals surface area contributed by atoms with E-state index in [1.807, 2.05) is 0 Å². The molecule has 1 rings (SSSR count). The molecule has 0 aromatic carbocycles. The smallest absolute Gasteiger partial charge is 0.356 e. The summed E-state index contributed by atoms with van der Waals surface area (Å²) in [4.78, 5) is 15.3. The maximum Gasteiger partial charge on any atom is 0.356 e. The van der Waals surface area contributed by atoms with Gasteiger partial charge in [0.05, 0.1) is 13.7 Å². The molecule has 0 amide bonds. The topological polar surface area (TPSA) is 48.4 Å². The number of esters is 1. The summed E-state index contributed by atoms with van der Waals surface area (Å²) in [6.45, 7) is 5.98. The molecule has 0 bridgehead atoms. The maximum absolute atomic E-state index is 11.2. The Morgan fingerprint density at radius 2 is 2.19 bits per heavy atom. The van der Waals surface area contributed by atoms with Crippen LogP contribution >= 0.6 is 0 Å². The fourth-order valence-corrected chi connectivity index (χ4v) is 1.12. The van der Waals surface area contributed by atoms with Crippen molar-refractivity contribution in [2.45, 2.75) is 13.3 Å². The van der Waals surface area contributed by atoms with Crippen molar-refractivity contribution in [1.29, 1.82) is 0 Å². The first-order chi connectivity index (χ1) is 7.17. The first-order valence-corrected chi connectivity index (χ1v) is 4.66. The van der Waals surface area contributed by atoms with Crippen LogP contribution in [0.5, 0.6) is 5.75 Å². The van der Waals surface area contributed by atoms with E-state index in [0.717, 1.165) is 5.69 Å². The van der Waals surface area contributed by atoms with Gasteiger partial charge >= 0.3 is 5.97 Å². The van der Waals surface area contributed by atoms with Crippen LogP contribution in [0, 0.1) is 13.8 Å². The van der Waals surface area contributed by atoms with Crippen molar-refractivity contribution in [2.24, 2.45) is 0 Å². The number of aryl methyl sites for hydroxylation is 1. The molecule has 85 valence electrons. The predicted molar refractivity (Wildman–Crippen MR) is 55.8 cm³/mol. The molecule has 5 heteroatoms. The van der Waals surface area contributed by atoms with Crippen LogP contribution in [-0.2, 0) is 37.4 Å². The zero-order chi connectivity index (χ0) is 11.3. The fourth-order valence-electron chi connectivity index (χ4n) is 1.12. The normalized spacial score (nSPS) is 9.19. The molecular weight excluding hydrogens is 283 g/mol. The Balaban J connectivity index is 0.00000225. The largest absolute Gasteiger partial charge is 0.496 e. The van der Waals surface area contributed by atoms with Crippen molar-refractivity contribution in [3.05, 3.63) is 30.4 Å². The minimum absolute atomic E-state index is 0. The summed E-state index contributed by atoms with van der Waals surface area (Å²) in [5.74, 6) is 0.157. The third kappa shape index (κ3) is 4.58. The fraction of sp³-hybridized carbons (Fsp3) is 0.364. The molecule has 1 heterocycles. The van der Waals surface area contributed by atoms with Gasteiger partial charge in [-0.15, -0.1) is 6.42 Å². The van der Waals surface area contributed by atoms with Gasteiger partial charge in [0.1, 0.15) is 5.75 Å². The van der Waals surface area contributed by atoms with Crippen LogP contribution in [0.1, 0.15) is 22.6 Å². The molecule has 0 aliphatic carbocycles. The standard InChI is InChI=1S/C11H14NO3.Y/c1-4-5-15-9-6-8(2)12-10(7-9)11(13)14-3;/h6-7H,1,4-5H2,2-3H3;/q-1;. The number of methoxy groups -OCH3 is 1. The van der Waals surface area contributed by atoms with Gasteiger partial charge in [0.15, 0.2) is 5.69 Å². The van der Waals surface area contributed by atoms with Crippen LogP contribution in [0.2, 0.25) is 0 Å². The van der Waals surface area contributed by atoms with Gasteiger partial charge in [0, 0.05) is 50.5 Å². The van der Waals surface area contributed by atoms with Gasteiger partial charge in [-0.3, -0.25) is 0 Å². The number of ether oxygens (including phenoxy) is 2. The molecule has 0 fully saturated rings. The average molecular weight is 297 g/mol. The number of pyridine rings is 1. The summed E-state index contributed by atoms with van der Waals surface area (Å²) in [6.07, 6.45) is 0.676. The van der Waals surface area contributed by atoms with Gasteiger partial charge in [0.25, 0.3) is 0 Å². The molecular formula is C11H14NO3Y-. The summed E-state index contributed by atoms with van der Waals surface area (Å²) in [7, 11) is 1.32. The molecule has 1 aromatic rings. The molecule has 1 radical (unpaired) electrons. The second kappa shape index (κ2) is 7.74. The number of nitrogens with zero attached hydrogens (tertiary/aromatic N) is 1. The Kier molecular flexibility index (Phi) is 7.51. The molecule has 0 N–H and O–H groups in total. The van der Waals surface area contributed by atoms with Crippen molar-refractivity contribution >= 4 is 5.97 Å². The minimum Gasteiger partial charge on any atom is -0.496 e. The average Bonchev–Trinajstić information content (AvgIpc) is 2.24. The van der Waals surface area contributed by atoms with E-state index in [0.29, 0.717) is 18.8 Å². The number of hydrogen-bond donors (Lipinski definition) is 0. The van der Waals surface area contributed by atoms with Crippen molar-refractivity contribution in [2.75, 3.05) is 13.7 Å². The second-order valence-corrected chi connectivity index (χ2v) is 3.02. The Morgan fingerprint density at radius 3 is 2.75 bits per heavy atom. The molecule has 4 nitrogen and oxygen atoms in total. The molecule has 0 atom stereocenters. The number of carbonyl (C=O) groups excluding carboxylic acids is 1. The van der Waals surface area contributed by atoms with Crippen molar-refractivity contribution < 1.29 is 47.0 Å². The molecule has 0 spiro atoms. The maximum atomic E-state index is 11.2. The van der Waals surface area contributed by atoms with Crippen LogP contribution < -0.4 is 4.74 Å². The third-order valence-electron chi connectivity index (χ3n) is 1.73. The van der Waals surface area contributed by atoms with Crippen molar-refractivity contribution in [3.8, 4) is 5.75 Å². The Morgan fingerprint density at radius 1 is 1.50 bits per heavy atom. The van der Waals surface area contributed by atoms with E-state index in [1.165, 1.54) is 7.11 Å². The predicted octanol–water partition coefficient (Wildman–Crippen LogP) is 1.78. The van der Waals surface area contributed by atoms with E-state index < -0.39 is 5.97 Å². The van der Waals surface area contributed by atoms with Crippen LogP contribution in [-0.4, -0.2) is 24.7 Å². The summed E-state index contributed by atoms with van der Waals surface area (Å²) in [5, 5.41) is 0. The molecule has 0 aliphatic rings. The van der Waals surface area contributed by atoms with E-state index in [9.17, 15) is 4.79 Å². The molecule has 0 aliphatic heterocycles. The molecule has 1 aromatic heterocycles. The van der Waals surface area contributed by atoms with E-state index in [2.05, 4.69) is 16.6 Å². The van der Waals surface area contributed by atoms with Crippen LogP contribution in [0.25, 0.3) is 0 Å². The van der Waals surface area contributed by atoms with Gasteiger partial charge in [-0.25, -0.2) is 9.78 Å². The van der Waals surface area contributed by atoms with E-state index in [1.54, 1.807) is 19.1 Å². The first kappa shape index (κ1) is 15.5. The van der Waals surface area contributed by atoms with E-state index in [-0.39, 0.29) is 38.4 Å². The summed E-state index contributed by atoms with van der Waals surface area (Å²) in [5.41, 5.74) is 0.980. The Labute approximate surface area is 121 Å².